The smallest absolute Gasteiger partial charge is 0.325 e. The monoisotopic (exact) mass is 275 g/mol. The Morgan fingerprint density at radius 2 is 2.00 bits per heavy atom. The lowest BCUT2D eigenvalue weighted by atomic mass is 10.0. The van der Waals surface area contributed by atoms with Gasteiger partial charge in [0.25, 0.3) is 0 Å². The molecule has 0 saturated heterocycles. The largest absolute Gasteiger partial charge is 0.468 e. The normalized spacial score (nSPS) is 12.9. The maximum atomic E-state index is 12.2. The molecule has 4 heteroatoms. The molecule has 0 aliphatic heterocycles. The summed E-state index contributed by atoms with van der Waals surface area (Å²) in [4.78, 5) is 25.0. The first-order chi connectivity index (χ1) is 9.63. The van der Waals surface area contributed by atoms with Crippen LogP contribution in [0.4, 0.5) is 0 Å². The molecule has 4 nitrogen and oxygen atoms in total. The lowest BCUT2D eigenvalue weighted by Crippen LogP contribution is -2.37. The van der Waals surface area contributed by atoms with Crippen LogP contribution in [-0.2, 0) is 33.6 Å². The molecule has 0 bridgehead atoms. The predicted molar refractivity (Wildman–Crippen MR) is 76.4 cm³/mol. The predicted octanol–water partition coefficient (Wildman–Crippen LogP) is 1.74. The Morgan fingerprint density at radius 1 is 1.25 bits per heavy atom. The van der Waals surface area contributed by atoms with Crippen molar-refractivity contribution < 1.29 is 14.3 Å². The van der Waals surface area contributed by atoms with Crippen molar-refractivity contribution in [2.45, 2.75) is 32.6 Å². The van der Waals surface area contributed by atoms with Gasteiger partial charge < -0.3 is 9.64 Å². The van der Waals surface area contributed by atoms with Gasteiger partial charge in [-0.15, -0.1) is 0 Å². The number of benzene rings is 1. The van der Waals surface area contributed by atoms with E-state index >= 15 is 0 Å². The van der Waals surface area contributed by atoms with Crippen LogP contribution in [0.3, 0.4) is 0 Å². The zero-order valence-corrected chi connectivity index (χ0v) is 12.1. The van der Waals surface area contributed by atoms with Gasteiger partial charge >= 0.3 is 5.97 Å². The van der Waals surface area contributed by atoms with Crippen LogP contribution in [-0.4, -0.2) is 37.0 Å². The number of rotatable bonds is 5. The van der Waals surface area contributed by atoms with E-state index in [1.54, 1.807) is 0 Å². The Kier molecular flexibility index (Phi) is 4.77. The molecule has 0 unspecified atom stereocenters. The minimum Gasteiger partial charge on any atom is -0.468 e. The highest BCUT2D eigenvalue weighted by Crippen LogP contribution is 2.23. The summed E-state index contributed by atoms with van der Waals surface area (Å²) >= 11 is 0. The number of methoxy groups -OCH3 is 1. The Labute approximate surface area is 119 Å². The Morgan fingerprint density at radius 3 is 2.70 bits per heavy atom. The molecule has 1 aromatic rings. The molecule has 0 saturated carbocycles. The van der Waals surface area contributed by atoms with Crippen molar-refractivity contribution in [3.63, 3.8) is 0 Å². The minimum atomic E-state index is -0.380. The fourth-order valence-electron chi connectivity index (χ4n) is 2.62. The van der Waals surface area contributed by atoms with Crippen LogP contribution in [0.2, 0.25) is 0 Å². The lowest BCUT2D eigenvalue weighted by molar-refractivity contribution is -0.146. The molecule has 0 spiro atoms. The minimum absolute atomic E-state index is 0.0246. The zero-order chi connectivity index (χ0) is 14.5. The average molecular weight is 275 g/mol. The maximum absolute atomic E-state index is 12.2. The molecule has 1 aliphatic rings. The van der Waals surface area contributed by atoms with Gasteiger partial charge in [0, 0.05) is 6.54 Å². The molecule has 1 aliphatic carbocycles. The van der Waals surface area contributed by atoms with Gasteiger partial charge in [-0.25, -0.2) is 0 Å². The highest BCUT2D eigenvalue weighted by atomic mass is 16.5. The number of aryl methyl sites for hydroxylation is 2. The molecule has 0 N–H and O–H groups in total. The van der Waals surface area contributed by atoms with E-state index in [0.29, 0.717) is 13.0 Å². The molecule has 108 valence electrons. The van der Waals surface area contributed by atoms with Crippen molar-refractivity contribution in [1.29, 1.82) is 0 Å². The van der Waals surface area contributed by atoms with Gasteiger partial charge in [-0.05, 0) is 42.9 Å². The van der Waals surface area contributed by atoms with Crippen LogP contribution in [0, 0.1) is 0 Å². The molecule has 1 aromatic carbocycles. The number of amides is 1. The third-order valence-corrected chi connectivity index (χ3v) is 3.80. The van der Waals surface area contributed by atoms with E-state index in [2.05, 4.69) is 16.9 Å². The van der Waals surface area contributed by atoms with Gasteiger partial charge in [0.15, 0.2) is 0 Å². The number of hydrogen-bond donors (Lipinski definition) is 0. The molecule has 1 amide bonds. The highest BCUT2D eigenvalue weighted by molar-refractivity contribution is 5.83. The first-order valence-electron chi connectivity index (χ1n) is 7.09. The number of carbonyl (C=O) groups is 2. The van der Waals surface area contributed by atoms with E-state index in [4.69, 9.17) is 0 Å². The van der Waals surface area contributed by atoms with Gasteiger partial charge in [-0.3, -0.25) is 9.59 Å². The summed E-state index contributed by atoms with van der Waals surface area (Å²) in [5, 5.41) is 0. The lowest BCUT2D eigenvalue weighted by Gasteiger charge is -2.19. The van der Waals surface area contributed by atoms with Crippen LogP contribution in [0.15, 0.2) is 18.2 Å². The van der Waals surface area contributed by atoms with Crippen molar-refractivity contribution in [3.8, 4) is 0 Å². The highest BCUT2D eigenvalue weighted by Gasteiger charge is 2.17. The first-order valence-corrected chi connectivity index (χ1v) is 7.09. The molecular formula is C16H21NO3. The quantitative estimate of drug-likeness (QED) is 0.769. The third kappa shape index (κ3) is 3.38. The molecular weight excluding hydrogens is 254 g/mol. The van der Waals surface area contributed by atoms with E-state index < -0.39 is 0 Å². The van der Waals surface area contributed by atoms with Gasteiger partial charge in [-0.2, -0.15) is 0 Å². The molecule has 0 heterocycles. The number of hydrogen-bond acceptors (Lipinski definition) is 3. The zero-order valence-electron chi connectivity index (χ0n) is 12.1. The van der Waals surface area contributed by atoms with Crippen molar-refractivity contribution >= 4 is 11.9 Å². The van der Waals surface area contributed by atoms with Gasteiger partial charge in [0.1, 0.15) is 6.54 Å². The first kappa shape index (κ1) is 14.6. The van der Waals surface area contributed by atoms with Crippen LogP contribution >= 0.6 is 0 Å². The summed E-state index contributed by atoms with van der Waals surface area (Å²) in [6.45, 7) is 2.40. The number of nitrogens with zero attached hydrogens (tertiary/aromatic N) is 1. The van der Waals surface area contributed by atoms with Crippen LogP contribution in [0.25, 0.3) is 0 Å². The number of esters is 1. The van der Waals surface area contributed by atoms with Crippen LogP contribution < -0.4 is 0 Å². The standard InChI is InChI=1S/C16H21NO3/c1-3-17(11-16(19)20-2)15(18)10-12-7-8-13-5-4-6-14(13)9-12/h7-9H,3-6,10-11H2,1-2H3. The summed E-state index contributed by atoms with van der Waals surface area (Å²) in [5.41, 5.74) is 3.80. The summed E-state index contributed by atoms with van der Waals surface area (Å²) in [6.07, 6.45) is 3.80. The number of likely N-dealkylation sites (N-methyl/N-ethyl adjacent to an activating group) is 1. The van der Waals surface area contributed by atoms with E-state index in [1.165, 1.54) is 29.6 Å². The van der Waals surface area contributed by atoms with Crippen LogP contribution in [0.1, 0.15) is 30.0 Å². The van der Waals surface area contributed by atoms with Gasteiger partial charge in [0.2, 0.25) is 5.91 Å². The van der Waals surface area contributed by atoms with Gasteiger partial charge in [-0.1, -0.05) is 18.2 Å². The molecule has 0 atom stereocenters. The second kappa shape index (κ2) is 6.55. The Hall–Kier alpha value is -1.84. The van der Waals surface area contributed by atoms with E-state index in [9.17, 15) is 9.59 Å². The Balaban J connectivity index is 2.01. The fourth-order valence-corrected chi connectivity index (χ4v) is 2.62. The van der Waals surface area contributed by atoms with Crippen molar-refractivity contribution in [2.24, 2.45) is 0 Å². The van der Waals surface area contributed by atoms with Crippen molar-refractivity contribution in [3.05, 3.63) is 34.9 Å². The van der Waals surface area contributed by atoms with E-state index in [1.807, 2.05) is 13.0 Å². The van der Waals surface area contributed by atoms with Crippen LogP contribution in [0.5, 0.6) is 0 Å². The second-order valence-electron chi connectivity index (χ2n) is 5.12. The molecule has 0 aromatic heterocycles. The molecule has 2 rings (SSSR count). The van der Waals surface area contributed by atoms with Crippen molar-refractivity contribution in [1.82, 2.24) is 4.90 Å². The maximum Gasteiger partial charge on any atom is 0.325 e. The van der Waals surface area contributed by atoms with Crippen molar-refractivity contribution in [2.75, 3.05) is 20.2 Å². The third-order valence-electron chi connectivity index (χ3n) is 3.80. The number of carbonyl (C=O) groups excluding carboxylic acids is 2. The summed E-state index contributed by atoms with van der Waals surface area (Å²) < 4.78 is 4.61. The fraction of sp³-hybridized carbons (Fsp3) is 0.500. The topological polar surface area (TPSA) is 46.6 Å². The Bertz CT molecular complexity index is 510. The molecule has 0 fully saturated rings. The number of fused-ring (bicyclic) bond motifs is 1. The summed E-state index contributed by atoms with van der Waals surface area (Å²) in [6, 6.07) is 6.28. The molecule has 0 radical (unpaired) electrons. The van der Waals surface area contributed by atoms with E-state index in [-0.39, 0.29) is 18.4 Å². The SMILES string of the molecule is CCN(CC(=O)OC)C(=O)Cc1ccc2c(c1)CCC2. The van der Waals surface area contributed by atoms with Gasteiger partial charge in [0.05, 0.1) is 13.5 Å². The average Bonchev–Trinajstić information content (AvgIpc) is 2.91. The summed E-state index contributed by atoms with van der Waals surface area (Å²) in [7, 11) is 1.33. The van der Waals surface area contributed by atoms with E-state index in [0.717, 1.165) is 18.4 Å². The molecule has 20 heavy (non-hydrogen) atoms. The summed E-state index contributed by atoms with van der Waals surface area (Å²) in [5.74, 6) is -0.412. The second-order valence-corrected chi connectivity index (χ2v) is 5.12. The number of ether oxygens (including phenoxy) is 1.